The standard InChI is InChI=1S/C21H27NO/c1-2-8-18-11-6-7-12-21(18)23-16-19-15-22-14-13-20(19)17-9-4-3-5-10-17/h3-7,9-12,19-20,22H,2,8,13-16H2,1H3/t19-,20-/m1/s1. The Balaban J connectivity index is 1.68. The van der Waals surface area contributed by atoms with Crippen molar-refractivity contribution in [2.45, 2.75) is 32.1 Å². The molecule has 1 aliphatic rings. The predicted octanol–water partition coefficient (Wildman–Crippen LogP) is 4.41. The van der Waals surface area contributed by atoms with Crippen molar-refractivity contribution in [2.24, 2.45) is 5.92 Å². The van der Waals surface area contributed by atoms with Gasteiger partial charge in [0.2, 0.25) is 0 Å². The Morgan fingerprint density at radius 3 is 2.65 bits per heavy atom. The first kappa shape index (κ1) is 16.1. The first-order valence-corrected chi connectivity index (χ1v) is 8.85. The van der Waals surface area contributed by atoms with Gasteiger partial charge in [-0.25, -0.2) is 0 Å². The SMILES string of the molecule is CCCc1ccccc1OC[C@H]1CNCC[C@@H]1c1ccccc1. The maximum Gasteiger partial charge on any atom is 0.122 e. The molecule has 1 N–H and O–H groups in total. The molecule has 1 heterocycles. The predicted molar refractivity (Wildman–Crippen MR) is 96.1 cm³/mol. The fraction of sp³-hybridized carbons (Fsp3) is 0.429. The van der Waals surface area contributed by atoms with E-state index in [1.807, 2.05) is 0 Å². The van der Waals surface area contributed by atoms with Gasteiger partial charge in [0.05, 0.1) is 6.61 Å². The first-order chi connectivity index (χ1) is 11.4. The van der Waals surface area contributed by atoms with Gasteiger partial charge in [-0.3, -0.25) is 0 Å². The van der Waals surface area contributed by atoms with Gasteiger partial charge in [-0.2, -0.15) is 0 Å². The lowest BCUT2D eigenvalue weighted by atomic mass is 9.81. The first-order valence-electron chi connectivity index (χ1n) is 8.85. The Bertz CT molecular complexity index is 596. The quantitative estimate of drug-likeness (QED) is 0.853. The molecule has 0 radical (unpaired) electrons. The van der Waals surface area contributed by atoms with Crippen molar-refractivity contribution in [3.8, 4) is 5.75 Å². The summed E-state index contributed by atoms with van der Waals surface area (Å²) in [5.74, 6) is 2.18. The van der Waals surface area contributed by atoms with Crippen molar-refractivity contribution in [1.82, 2.24) is 5.32 Å². The largest absolute Gasteiger partial charge is 0.493 e. The molecule has 1 aliphatic heterocycles. The molecule has 0 aliphatic carbocycles. The minimum Gasteiger partial charge on any atom is -0.493 e. The summed E-state index contributed by atoms with van der Waals surface area (Å²) < 4.78 is 6.24. The van der Waals surface area contributed by atoms with Crippen LogP contribution in [0.2, 0.25) is 0 Å². The molecular weight excluding hydrogens is 282 g/mol. The summed E-state index contributed by atoms with van der Waals surface area (Å²) in [6.45, 7) is 5.14. The zero-order valence-corrected chi connectivity index (χ0v) is 14.0. The number of aryl methyl sites for hydroxylation is 1. The van der Waals surface area contributed by atoms with Crippen LogP contribution < -0.4 is 10.1 Å². The molecule has 3 rings (SSSR count). The van der Waals surface area contributed by atoms with Crippen molar-refractivity contribution in [2.75, 3.05) is 19.7 Å². The average molecular weight is 309 g/mol. The molecule has 122 valence electrons. The lowest BCUT2D eigenvalue weighted by Crippen LogP contribution is -2.38. The number of hydrogen-bond acceptors (Lipinski definition) is 2. The number of piperidine rings is 1. The highest BCUT2D eigenvalue weighted by molar-refractivity contribution is 5.33. The number of benzene rings is 2. The lowest BCUT2D eigenvalue weighted by Gasteiger charge is -2.32. The Hall–Kier alpha value is -1.80. The molecule has 2 aromatic carbocycles. The van der Waals surface area contributed by atoms with Crippen LogP contribution in [0.3, 0.4) is 0 Å². The Labute approximate surface area is 139 Å². The molecular formula is C21H27NO. The fourth-order valence-corrected chi connectivity index (χ4v) is 3.55. The van der Waals surface area contributed by atoms with Crippen LogP contribution in [0.1, 0.15) is 36.8 Å². The molecule has 23 heavy (non-hydrogen) atoms. The van der Waals surface area contributed by atoms with Crippen LogP contribution >= 0.6 is 0 Å². The van der Waals surface area contributed by atoms with Gasteiger partial charge in [-0.1, -0.05) is 61.9 Å². The maximum absolute atomic E-state index is 6.24. The summed E-state index contributed by atoms with van der Waals surface area (Å²) in [6, 6.07) is 19.4. The highest BCUT2D eigenvalue weighted by Gasteiger charge is 2.27. The third-order valence-corrected chi connectivity index (χ3v) is 4.78. The third-order valence-electron chi connectivity index (χ3n) is 4.78. The van der Waals surface area contributed by atoms with Crippen molar-refractivity contribution in [3.05, 3.63) is 65.7 Å². The summed E-state index contributed by atoms with van der Waals surface area (Å²) >= 11 is 0. The van der Waals surface area contributed by atoms with E-state index in [9.17, 15) is 0 Å². The van der Waals surface area contributed by atoms with Gasteiger partial charge in [-0.05, 0) is 42.5 Å². The summed E-state index contributed by atoms with van der Waals surface area (Å²) in [5, 5.41) is 3.53. The molecule has 2 atom stereocenters. The van der Waals surface area contributed by atoms with Crippen molar-refractivity contribution >= 4 is 0 Å². The summed E-state index contributed by atoms with van der Waals surface area (Å²) in [4.78, 5) is 0. The molecule has 0 aromatic heterocycles. The molecule has 0 saturated carbocycles. The fourth-order valence-electron chi connectivity index (χ4n) is 3.55. The Morgan fingerprint density at radius 1 is 1.04 bits per heavy atom. The van der Waals surface area contributed by atoms with Crippen LogP contribution in [0.15, 0.2) is 54.6 Å². The van der Waals surface area contributed by atoms with Crippen molar-refractivity contribution < 1.29 is 4.74 Å². The van der Waals surface area contributed by atoms with Crippen LogP contribution in [-0.2, 0) is 6.42 Å². The van der Waals surface area contributed by atoms with E-state index >= 15 is 0 Å². The molecule has 1 fully saturated rings. The van der Waals surface area contributed by atoms with E-state index in [1.54, 1.807) is 0 Å². The van der Waals surface area contributed by atoms with Crippen LogP contribution in [0.4, 0.5) is 0 Å². The van der Waals surface area contributed by atoms with E-state index in [0.717, 1.165) is 38.3 Å². The van der Waals surface area contributed by atoms with Gasteiger partial charge in [-0.15, -0.1) is 0 Å². The summed E-state index contributed by atoms with van der Waals surface area (Å²) in [7, 11) is 0. The van der Waals surface area contributed by atoms with E-state index in [1.165, 1.54) is 17.5 Å². The van der Waals surface area contributed by atoms with Gasteiger partial charge >= 0.3 is 0 Å². The molecule has 2 aromatic rings. The average Bonchev–Trinajstić information content (AvgIpc) is 2.62. The monoisotopic (exact) mass is 309 g/mol. The van der Waals surface area contributed by atoms with Crippen LogP contribution in [-0.4, -0.2) is 19.7 Å². The normalized spacial score (nSPS) is 21.1. The van der Waals surface area contributed by atoms with E-state index in [-0.39, 0.29) is 0 Å². The number of hydrogen-bond donors (Lipinski definition) is 1. The molecule has 2 heteroatoms. The van der Waals surface area contributed by atoms with Crippen LogP contribution in [0, 0.1) is 5.92 Å². The van der Waals surface area contributed by atoms with Gasteiger partial charge in [0.15, 0.2) is 0 Å². The highest BCUT2D eigenvalue weighted by atomic mass is 16.5. The Morgan fingerprint density at radius 2 is 1.83 bits per heavy atom. The van der Waals surface area contributed by atoms with Crippen LogP contribution in [0.5, 0.6) is 5.75 Å². The lowest BCUT2D eigenvalue weighted by molar-refractivity contribution is 0.195. The zero-order chi connectivity index (χ0) is 15.9. The van der Waals surface area contributed by atoms with Crippen molar-refractivity contribution in [3.63, 3.8) is 0 Å². The number of rotatable bonds is 6. The summed E-state index contributed by atoms with van der Waals surface area (Å²) in [5.41, 5.74) is 2.78. The second kappa shape index (κ2) is 8.16. The molecule has 0 bridgehead atoms. The summed E-state index contributed by atoms with van der Waals surface area (Å²) in [6.07, 6.45) is 3.42. The topological polar surface area (TPSA) is 21.3 Å². The second-order valence-corrected chi connectivity index (χ2v) is 6.44. The number of para-hydroxylation sites is 1. The molecule has 0 spiro atoms. The third kappa shape index (κ3) is 4.14. The van der Waals surface area contributed by atoms with E-state index < -0.39 is 0 Å². The number of nitrogens with one attached hydrogen (secondary N) is 1. The highest BCUT2D eigenvalue weighted by Crippen LogP contribution is 2.31. The van der Waals surface area contributed by atoms with Gasteiger partial charge in [0.1, 0.15) is 5.75 Å². The van der Waals surface area contributed by atoms with E-state index in [4.69, 9.17) is 4.74 Å². The minimum absolute atomic E-state index is 0.529. The van der Waals surface area contributed by atoms with E-state index in [2.05, 4.69) is 66.8 Å². The second-order valence-electron chi connectivity index (χ2n) is 6.44. The zero-order valence-electron chi connectivity index (χ0n) is 14.0. The molecule has 0 unspecified atom stereocenters. The molecule has 2 nitrogen and oxygen atoms in total. The Kier molecular flexibility index (Phi) is 5.71. The van der Waals surface area contributed by atoms with Crippen molar-refractivity contribution in [1.29, 1.82) is 0 Å². The van der Waals surface area contributed by atoms with Gasteiger partial charge < -0.3 is 10.1 Å². The maximum atomic E-state index is 6.24. The smallest absolute Gasteiger partial charge is 0.122 e. The van der Waals surface area contributed by atoms with Crippen LogP contribution in [0.25, 0.3) is 0 Å². The van der Waals surface area contributed by atoms with Gasteiger partial charge in [0, 0.05) is 12.5 Å². The number of ether oxygens (including phenoxy) is 1. The van der Waals surface area contributed by atoms with Gasteiger partial charge in [0.25, 0.3) is 0 Å². The van der Waals surface area contributed by atoms with E-state index in [0.29, 0.717) is 11.8 Å². The minimum atomic E-state index is 0.529. The molecule has 0 amide bonds. The molecule has 1 saturated heterocycles.